The van der Waals surface area contributed by atoms with Gasteiger partial charge in [-0.3, -0.25) is 10.00 Å². The van der Waals surface area contributed by atoms with Gasteiger partial charge in [0.1, 0.15) is 35.5 Å². The van der Waals surface area contributed by atoms with Gasteiger partial charge in [-0.25, -0.2) is 28.5 Å². The summed E-state index contributed by atoms with van der Waals surface area (Å²) in [7, 11) is 1.48. The molecule has 0 aliphatic heterocycles. The molecule has 0 unspecified atom stereocenters. The molecule has 0 bridgehead atoms. The number of carbonyl (C=O) groups excluding carboxylic acids is 1. The Labute approximate surface area is 250 Å². The van der Waals surface area contributed by atoms with Crippen LogP contribution in [0, 0.1) is 11.6 Å². The summed E-state index contributed by atoms with van der Waals surface area (Å²) in [5.74, 6) is -0.361. The monoisotopic (exact) mass is 602 g/mol. The minimum absolute atomic E-state index is 0.0194. The van der Waals surface area contributed by atoms with Gasteiger partial charge in [0.2, 0.25) is 0 Å². The van der Waals surface area contributed by atoms with Crippen molar-refractivity contribution in [3.63, 3.8) is 0 Å². The Kier molecular flexibility index (Phi) is 8.14. The van der Waals surface area contributed by atoms with Crippen molar-refractivity contribution in [2.45, 2.75) is 25.4 Å². The Morgan fingerprint density at radius 1 is 1.11 bits per heavy atom. The van der Waals surface area contributed by atoms with Gasteiger partial charge in [0.05, 0.1) is 32.0 Å². The van der Waals surface area contributed by atoms with Crippen molar-refractivity contribution in [2.75, 3.05) is 31.0 Å². The van der Waals surface area contributed by atoms with Crippen LogP contribution in [0.25, 0.3) is 22.4 Å². The van der Waals surface area contributed by atoms with E-state index in [1.54, 1.807) is 30.5 Å². The molecule has 5 aromatic rings. The lowest BCUT2D eigenvalue weighted by molar-refractivity contribution is 0.200. The third kappa shape index (κ3) is 6.34. The van der Waals surface area contributed by atoms with Crippen LogP contribution in [0.1, 0.15) is 18.4 Å². The Bertz CT molecular complexity index is 1810. The zero-order chi connectivity index (χ0) is 30.6. The molecule has 1 fully saturated rings. The maximum absolute atomic E-state index is 15.0. The lowest BCUT2D eigenvalue weighted by Gasteiger charge is -2.12. The van der Waals surface area contributed by atoms with Crippen LogP contribution in [-0.2, 0) is 6.54 Å². The smallest absolute Gasteiger partial charge is 0.320 e. The van der Waals surface area contributed by atoms with Gasteiger partial charge in [-0.05, 0) is 25.0 Å². The summed E-state index contributed by atoms with van der Waals surface area (Å²) in [5.41, 5.74) is 1.39. The number of aliphatic hydroxyl groups excluding tert-OH is 1. The van der Waals surface area contributed by atoms with Gasteiger partial charge in [0, 0.05) is 47.1 Å². The molecular weight excluding hydrogens is 574 g/mol. The van der Waals surface area contributed by atoms with Gasteiger partial charge in [0.25, 0.3) is 0 Å². The Hall–Kier alpha value is -5.37. The van der Waals surface area contributed by atoms with E-state index in [9.17, 15) is 13.6 Å². The third-order valence-electron chi connectivity index (χ3n) is 6.80. The second-order valence-electron chi connectivity index (χ2n) is 10.00. The second kappa shape index (κ2) is 12.5. The molecule has 0 spiro atoms. The van der Waals surface area contributed by atoms with Crippen LogP contribution in [0.15, 0.2) is 60.9 Å². The molecule has 14 heteroatoms. The number of aliphatic hydroxyl groups is 1. The molecule has 226 valence electrons. The lowest BCUT2D eigenvalue weighted by Crippen LogP contribution is -2.30. The fraction of sp³-hybridized carbons (Fsp3) is 0.233. The summed E-state index contributed by atoms with van der Waals surface area (Å²) < 4.78 is 42.0. The molecule has 12 nitrogen and oxygen atoms in total. The number of amides is 2. The first kappa shape index (κ1) is 28.7. The molecule has 0 atom stereocenters. The summed E-state index contributed by atoms with van der Waals surface area (Å²) >= 11 is 0. The van der Waals surface area contributed by atoms with Crippen LogP contribution in [0.4, 0.5) is 30.9 Å². The van der Waals surface area contributed by atoms with Gasteiger partial charge in [-0.15, -0.1) is 0 Å². The van der Waals surface area contributed by atoms with E-state index in [4.69, 9.17) is 14.6 Å². The van der Waals surface area contributed by atoms with E-state index >= 15 is 0 Å². The molecule has 2 amide bonds. The number of aromatic nitrogens is 5. The highest BCUT2D eigenvalue weighted by Crippen LogP contribution is 2.32. The highest BCUT2D eigenvalue weighted by atomic mass is 19.1. The number of rotatable bonds is 11. The molecule has 1 aliphatic carbocycles. The number of nitrogens with zero attached hydrogens (tertiary/aromatic N) is 5. The SMILES string of the molecule is COc1cnc(-c2nn(Cc3c(F)cc(OCCO)cc3F)c3ccccc23)nc1Nc1ccnc(NC(=O)NC2CC2)c1. The maximum Gasteiger partial charge on any atom is 0.320 e. The molecule has 2 aromatic carbocycles. The third-order valence-corrected chi connectivity index (χ3v) is 6.80. The summed E-state index contributed by atoms with van der Waals surface area (Å²) in [6.45, 7) is -0.570. The molecular formula is C30H28F2N8O4. The molecule has 44 heavy (non-hydrogen) atoms. The number of fused-ring (bicyclic) bond motifs is 1. The Balaban J connectivity index is 1.30. The van der Waals surface area contributed by atoms with E-state index in [1.807, 2.05) is 12.1 Å². The summed E-state index contributed by atoms with van der Waals surface area (Å²) in [6.07, 6.45) is 4.97. The van der Waals surface area contributed by atoms with Crippen LogP contribution in [0.3, 0.4) is 0 Å². The molecule has 4 N–H and O–H groups in total. The van der Waals surface area contributed by atoms with E-state index in [0.717, 1.165) is 25.0 Å². The van der Waals surface area contributed by atoms with Crippen molar-refractivity contribution in [2.24, 2.45) is 0 Å². The quantitative estimate of drug-likeness (QED) is 0.170. The number of nitrogens with one attached hydrogen (secondary N) is 3. The van der Waals surface area contributed by atoms with Crippen LogP contribution < -0.4 is 25.4 Å². The van der Waals surface area contributed by atoms with Crippen molar-refractivity contribution in [1.82, 2.24) is 30.0 Å². The van der Waals surface area contributed by atoms with E-state index in [2.05, 4.69) is 36.0 Å². The number of ether oxygens (including phenoxy) is 2. The largest absolute Gasteiger partial charge is 0.491 e. The molecule has 3 heterocycles. The van der Waals surface area contributed by atoms with Gasteiger partial charge in [-0.2, -0.15) is 5.10 Å². The van der Waals surface area contributed by atoms with E-state index < -0.39 is 11.6 Å². The van der Waals surface area contributed by atoms with Crippen LogP contribution in [0.5, 0.6) is 11.5 Å². The topological polar surface area (TPSA) is 148 Å². The number of methoxy groups -OCH3 is 1. The number of para-hydroxylation sites is 1. The van der Waals surface area contributed by atoms with Crippen molar-refractivity contribution in [3.05, 3.63) is 78.1 Å². The fourth-order valence-corrected chi connectivity index (χ4v) is 4.54. The predicted molar refractivity (Wildman–Crippen MR) is 158 cm³/mol. The molecule has 6 rings (SSSR count). The van der Waals surface area contributed by atoms with Gasteiger partial charge in [-0.1, -0.05) is 18.2 Å². The number of halogens is 2. The molecule has 0 radical (unpaired) electrons. The lowest BCUT2D eigenvalue weighted by atomic mass is 10.1. The van der Waals surface area contributed by atoms with Crippen molar-refractivity contribution >= 4 is 34.3 Å². The minimum atomic E-state index is -0.803. The van der Waals surface area contributed by atoms with Gasteiger partial charge < -0.3 is 25.2 Å². The molecule has 3 aromatic heterocycles. The number of carbonyl (C=O) groups is 1. The van der Waals surface area contributed by atoms with Crippen LogP contribution in [0.2, 0.25) is 0 Å². The summed E-state index contributed by atoms with van der Waals surface area (Å²) in [4.78, 5) is 25.5. The summed E-state index contributed by atoms with van der Waals surface area (Å²) in [5, 5.41) is 23.0. The normalized spacial score (nSPS) is 12.6. The maximum atomic E-state index is 15.0. The highest BCUT2D eigenvalue weighted by molar-refractivity contribution is 5.92. The van der Waals surface area contributed by atoms with Gasteiger partial charge >= 0.3 is 6.03 Å². The van der Waals surface area contributed by atoms with Crippen molar-refractivity contribution < 1.29 is 28.2 Å². The first-order chi connectivity index (χ1) is 21.4. The van der Waals surface area contributed by atoms with E-state index in [0.29, 0.717) is 39.7 Å². The fourth-order valence-electron chi connectivity index (χ4n) is 4.54. The number of hydrogen-bond acceptors (Lipinski definition) is 9. The van der Waals surface area contributed by atoms with Crippen LogP contribution in [-0.4, -0.2) is 62.2 Å². The average molecular weight is 603 g/mol. The minimum Gasteiger partial charge on any atom is -0.491 e. The molecule has 1 saturated carbocycles. The van der Waals surface area contributed by atoms with E-state index in [1.165, 1.54) is 18.0 Å². The van der Waals surface area contributed by atoms with Crippen molar-refractivity contribution in [3.8, 4) is 23.0 Å². The first-order valence-electron chi connectivity index (χ1n) is 13.8. The zero-order valence-electron chi connectivity index (χ0n) is 23.6. The van der Waals surface area contributed by atoms with Crippen molar-refractivity contribution in [1.29, 1.82) is 0 Å². The van der Waals surface area contributed by atoms with Crippen LogP contribution >= 0.6 is 0 Å². The predicted octanol–water partition coefficient (Wildman–Crippen LogP) is 4.62. The number of pyridine rings is 1. The average Bonchev–Trinajstić information content (AvgIpc) is 3.76. The number of benzene rings is 2. The number of hydrogen-bond donors (Lipinski definition) is 4. The number of anilines is 3. The molecule has 0 saturated heterocycles. The zero-order valence-corrected chi connectivity index (χ0v) is 23.6. The van der Waals surface area contributed by atoms with E-state index in [-0.39, 0.29) is 49.0 Å². The standard InChI is InChI=1S/C30H28F2N8O4/c1-43-25-15-34-29(38-28(25)35-18-8-9-33-26(12-18)37-30(42)36-17-6-7-17)27-20-4-2-3-5-24(20)40(39-27)16-21-22(31)13-19(14-23(21)32)44-11-10-41/h2-5,8-9,12-15,17,41H,6-7,10-11,16H2,1H3,(H3,33,34,35,36,37,38,42). The first-order valence-corrected chi connectivity index (χ1v) is 13.8. The summed E-state index contributed by atoms with van der Waals surface area (Å²) in [6, 6.07) is 12.6. The molecule has 1 aliphatic rings. The second-order valence-corrected chi connectivity index (χ2v) is 10.00. The highest BCUT2D eigenvalue weighted by Gasteiger charge is 2.23. The number of urea groups is 1. The Morgan fingerprint density at radius 3 is 2.66 bits per heavy atom. The van der Waals surface area contributed by atoms with Gasteiger partial charge in [0.15, 0.2) is 17.4 Å². The Morgan fingerprint density at radius 2 is 1.91 bits per heavy atom.